The van der Waals surface area contributed by atoms with Crippen LogP contribution < -0.4 is 15.2 Å². The number of carbonyl (C=O) groups is 3. The second kappa shape index (κ2) is 11.0. The van der Waals surface area contributed by atoms with E-state index >= 15 is 0 Å². The number of ether oxygens (including phenoxy) is 3. The van der Waals surface area contributed by atoms with Gasteiger partial charge in [-0.15, -0.1) is 0 Å². The Hall–Kier alpha value is -2.52. The van der Waals surface area contributed by atoms with Gasteiger partial charge in [0.1, 0.15) is 12.1 Å². The summed E-state index contributed by atoms with van der Waals surface area (Å²) in [6.45, 7) is 5.50. The Morgan fingerprint density at radius 3 is 2.27 bits per heavy atom. The van der Waals surface area contributed by atoms with Crippen molar-refractivity contribution in [2.75, 3.05) is 47.4 Å². The Morgan fingerprint density at radius 1 is 1.13 bits per heavy atom. The Labute approximate surface area is 182 Å². The fraction of sp³-hybridized carbons (Fsp3) is 0.550. The lowest BCUT2D eigenvalue weighted by Gasteiger charge is -2.26. The number of methoxy groups -OCH3 is 1. The van der Waals surface area contributed by atoms with Crippen molar-refractivity contribution in [1.29, 1.82) is 0 Å². The summed E-state index contributed by atoms with van der Waals surface area (Å²) in [5.41, 5.74) is 4.62. The number of nitrogens with two attached hydrogens (primary N) is 1. The number of nitrogens with zero attached hydrogens (tertiary/aromatic N) is 2. The number of amides is 2. The molecule has 168 valence electrons. The molecule has 1 aromatic carbocycles. The maximum absolute atomic E-state index is 13.1. The quantitative estimate of drug-likeness (QED) is 0.546. The van der Waals surface area contributed by atoms with Crippen molar-refractivity contribution in [1.82, 2.24) is 9.80 Å². The van der Waals surface area contributed by atoms with Crippen LogP contribution in [0.4, 0.5) is 0 Å². The van der Waals surface area contributed by atoms with Crippen molar-refractivity contribution in [2.45, 2.75) is 26.4 Å². The van der Waals surface area contributed by atoms with E-state index in [1.54, 1.807) is 20.8 Å². The molecule has 0 saturated carbocycles. The molecule has 0 fully saturated rings. The maximum Gasteiger partial charge on any atom is 0.326 e. The number of esters is 1. The number of benzene rings is 1. The van der Waals surface area contributed by atoms with E-state index in [2.05, 4.69) is 0 Å². The number of rotatable bonds is 10. The molecule has 10 heteroatoms. The lowest BCUT2D eigenvalue weighted by Crippen LogP contribution is -2.42. The first-order valence-electron chi connectivity index (χ1n) is 9.28. The molecule has 30 heavy (non-hydrogen) atoms. The van der Waals surface area contributed by atoms with E-state index < -0.39 is 30.0 Å². The predicted octanol–water partition coefficient (Wildman–Crippen LogP) is 1.56. The standard InChI is InChI=1S/C20H30ClN3O6/c1-20(2,3)30-17(26)11-24(8-7-23(4)5)19(27)13-9-14(21)18(15(10-13)28-6)29-12-16(22)25/h9-10H,7-8,11-12H2,1-6H3,(H2,22,25). The fourth-order valence-electron chi connectivity index (χ4n) is 2.41. The monoisotopic (exact) mass is 443 g/mol. The van der Waals surface area contributed by atoms with E-state index in [4.69, 9.17) is 31.5 Å². The zero-order chi connectivity index (χ0) is 23.1. The molecule has 0 atom stereocenters. The topological polar surface area (TPSA) is 111 Å². The van der Waals surface area contributed by atoms with Crippen molar-refractivity contribution >= 4 is 29.4 Å². The molecular weight excluding hydrogens is 414 g/mol. The second-order valence-corrected chi connectivity index (χ2v) is 8.27. The third-order valence-corrected chi connectivity index (χ3v) is 3.96. The summed E-state index contributed by atoms with van der Waals surface area (Å²) in [6, 6.07) is 2.82. The summed E-state index contributed by atoms with van der Waals surface area (Å²) >= 11 is 6.24. The minimum Gasteiger partial charge on any atom is -0.493 e. The lowest BCUT2D eigenvalue weighted by molar-refractivity contribution is -0.155. The molecule has 0 aromatic heterocycles. The van der Waals surface area contributed by atoms with Gasteiger partial charge >= 0.3 is 5.97 Å². The molecule has 0 spiro atoms. The van der Waals surface area contributed by atoms with Crippen molar-refractivity contribution in [3.8, 4) is 11.5 Å². The summed E-state index contributed by atoms with van der Waals surface area (Å²) < 4.78 is 15.9. The highest BCUT2D eigenvalue weighted by atomic mass is 35.5. The van der Waals surface area contributed by atoms with E-state index in [-0.39, 0.29) is 28.6 Å². The summed E-state index contributed by atoms with van der Waals surface area (Å²) in [5.74, 6) is -1.36. The largest absolute Gasteiger partial charge is 0.493 e. The van der Waals surface area contributed by atoms with Gasteiger partial charge in [-0.25, -0.2) is 0 Å². The Balaban J connectivity index is 3.16. The van der Waals surface area contributed by atoms with Crippen LogP contribution in [-0.2, 0) is 14.3 Å². The van der Waals surface area contributed by atoms with Crippen molar-refractivity contribution < 1.29 is 28.6 Å². The minimum atomic E-state index is -0.680. The molecule has 0 aliphatic carbocycles. The van der Waals surface area contributed by atoms with Crippen molar-refractivity contribution in [3.63, 3.8) is 0 Å². The fourth-order valence-corrected chi connectivity index (χ4v) is 2.68. The molecule has 0 bridgehead atoms. The van der Waals surface area contributed by atoms with Gasteiger partial charge in [0, 0.05) is 18.7 Å². The van der Waals surface area contributed by atoms with Gasteiger partial charge < -0.3 is 29.7 Å². The normalized spacial score (nSPS) is 11.2. The van der Waals surface area contributed by atoms with E-state index in [0.717, 1.165) is 0 Å². The van der Waals surface area contributed by atoms with E-state index in [9.17, 15) is 14.4 Å². The average Bonchev–Trinajstić information content (AvgIpc) is 2.61. The van der Waals surface area contributed by atoms with Crippen LogP contribution in [-0.4, -0.2) is 80.6 Å². The molecule has 1 aromatic rings. The van der Waals surface area contributed by atoms with Gasteiger partial charge in [0.15, 0.2) is 18.1 Å². The molecule has 2 N–H and O–H groups in total. The van der Waals surface area contributed by atoms with Crippen molar-refractivity contribution in [3.05, 3.63) is 22.7 Å². The molecule has 0 saturated heterocycles. The van der Waals surface area contributed by atoms with Crippen LogP contribution in [0.1, 0.15) is 31.1 Å². The van der Waals surface area contributed by atoms with Crippen LogP contribution in [0.3, 0.4) is 0 Å². The van der Waals surface area contributed by atoms with Gasteiger partial charge in [-0.2, -0.15) is 0 Å². The molecule has 9 nitrogen and oxygen atoms in total. The molecule has 0 unspecified atom stereocenters. The maximum atomic E-state index is 13.1. The number of likely N-dealkylation sites (N-methyl/N-ethyl adjacent to an activating group) is 1. The van der Waals surface area contributed by atoms with Crippen LogP contribution >= 0.6 is 11.6 Å². The molecule has 1 rings (SSSR count). The Bertz CT molecular complexity index is 777. The predicted molar refractivity (Wildman–Crippen MR) is 113 cm³/mol. The minimum absolute atomic E-state index is 0.0729. The second-order valence-electron chi connectivity index (χ2n) is 7.86. The molecule has 0 aliphatic heterocycles. The number of halogens is 1. The van der Waals surface area contributed by atoms with Gasteiger partial charge in [-0.05, 0) is 47.0 Å². The number of primary amides is 1. The zero-order valence-electron chi connectivity index (χ0n) is 18.3. The van der Waals surface area contributed by atoms with Gasteiger partial charge in [0.05, 0.1) is 12.1 Å². The third kappa shape index (κ3) is 8.46. The van der Waals surface area contributed by atoms with Gasteiger partial charge in [0.25, 0.3) is 11.8 Å². The van der Waals surface area contributed by atoms with E-state index in [0.29, 0.717) is 13.1 Å². The van der Waals surface area contributed by atoms with E-state index in [1.165, 1.54) is 24.1 Å². The first-order valence-corrected chi connectivity index (χ1v) is 9.66. The van der Waals surface area contributed by atoms with Crippen LogP contribution in [0.2, 0.25) is 5.02 Å². The third-order valence-electron chi connectivity index (χ3n) is 3.68. The summed E-state index contributed by atoms with van der Waals surface area (Å²) in [6.07, 6.45) is 0. The van der Waals surface area contributed by atoms with Gasteiger partial charge in [-0.3, -0.25) is 14.4 Å². The van der Waals surface area contributed by atoms with E-state index in [1.807, 2.05) is 19.0 Å². The smallest absolute Gasteiger partial charge is 0.326 e. The summed E-state index contributed by atoms with van der Waals surface area (Å²) in [4.78, 5) is 39.7. The number of carbonyl (C=O) groups excluding carboxylic acids is 3. The SMILES string of the molecule is COc1cc(C(=O)N(CCN(C)C)CC(=O)OC(C)(C)C)cc(Cl)c1OCC(N)=O. The zero-order valence-corrected chi connectivity index (χ0v) is 19.0. The number of hydrogen-bond donors (Lipinski definition) is 1. The van der Waals surface area contributed by atoms with Crippen LogP contribution in [0.25, 0.3) is 0 Å². The average molecular weight is 444 g/mol. The van der Waals surface area contributed by atoms with Crippen LogP contribution in [0.5, 0.6) is 11.5 Å². The van der Waals surface area contributed by atoms with Gasteiger partial charge in [0.2, 0.25) is 0 Å². The molecule has 0 heterocycles. The van der Waals surface area contributed by atoms with Crippen molar-refractivity contribution in [2.24, 2.45) is 5.73 Å². The lowest BCUT2D eigenvalue weighted by atomic mass is 10.1. The first-order chi connectivity index (χ1) is 13.8. The summed E-state index contributed by atoms with van der Waals surface area (Å²) in [5, 5.41) is 0.0729. The molecule has 2 amide bonds. The highest BCUT2D eigenvalue weighted by Crippen LogP contribution is 2.36. The Morgan fingerprint density at radius 2 is 1.77 bits per heavy atom. The highest BCUT2D eigenvalue weighted by molar-refractivity contribution is 6.32. The first kappa shape index (κ1) is 25.5. The Kier molecular flexibility index (Phi) is 9.38. The highest BCUT2D eigenvalue weighted by Gasteiger charge is 2.25. The van der Waals surface area contributed by atoms with Crippen LogP contribution in [0, 0.1) is 0 Å². The number of hydrogen-bond acceptors (Lipinski definition) is 7. The van der Waals surface area contributed by atoms with Gasteiger partial charge in [-0.1, -0.05) is 11.6 Å². The van der Waals surface area contributed by atoms with Crippen LogP contribution in [0.15, 0.2) is 12.1 Å². The molecular formula is C20H30ClN3O6. The summed E-state index contributed by atoms with van der Waals surface area (Å²) in [7, 11) is 5.10. The molecule has 0 radical (unpaired) electrons. The molecule has 0 aliphatic rings.